The van der Waals surface area contributed by atoms with Crippen LogP contribution < -0.4 is 14.8 Å². The number of fused-ring (bicyclic) bond motifs is 3. The zero-order chi connectivity index (χ0) is 25.1. The summed E-state index contributed by atoms with van der Waals surface area (Å²) in [6, 6.07) is 4.32. The Kier molecular flexibility index (Phi) is 7.68. The number of ether oxygens (including phenoxy) is 2. The van der Waals surface area contributed by atoms with E-state index in [1.807, 2.05) is 17.0 Å². The predicted octanol–water partition coefficient (Wildman–Crippen LogP) is 2.50. The van der Waals surface area contributed by atoms with Crippen LogP contribution in [0.3, 0.4) is 0 Å². The van der Waals surface area contributed by atoms with E-state index in [0.717, 1.165) is 11.4 Å². The Morgan fingerprint density at radius 3 is 2.71 bits per heavy atom. The lowest BCUT2D eigenvalue weighted by Gasteiger charge is -2.32. The van der Waals surface area contributed by atoms with E-state index >= 15 is 0 Å². The number of hydrogen-bond acceptors (Lipinski definition) is 10. The molecule has 0 unspecified atom stereocenters. The van der Waals surface area contributed by atoms with Crippen LogP contribution in [-0.4, -0.2) is 89.1 Å². The summed E-state index contributed by atoms with van der Waals surface area (Å²) in [5.41, 5.74) is 2.94. The first kappa shape index (κ1) is 25.1. The van der Waals surface area contributed by atoms with Crippen molar-refractivity contribution < 1.29 is 19.4 Å². The molecule has 0 radical (unpaired) electrons. The van der Waals surface area contributed by atoms with Crippen molar-refractivity contribution in [2.45, 2.75) is 45.9 Å². The maximum Gasteiger partial charge on any atom is 0.269 e. The summed E-state index contributed by atoms with van der Waals surface area (Å²) in [6.07, 6.45) is 0.849. The van der Waals surface area contributed by atoms with Crippen LogP contribution in [0.4, 0.5) is 5.69 Å². The molecule has 0 spiro atoms. The fraction of sp³-hybridized carbons (Fsp3) is 0.500. The third kappa shape index (κ3) is 5.31. The van der Waals surface area contributed by atoms with Crippen LogP contribution in [0, 0.1) is 0 Å². The molecule has 0 fully saturated rings. The second kappa shape index (κ2) is 10.7. The first-order chi connectivity index (χ1) is 16.8. The van der Waals surface area contributed by atoms with E-state index in [9.17, 15) is 9.90 Å². The van der Waals surface area contributed by atoms with Crippen LogP contribution in [0.15, 0.2) is 33.8 Å². The summed E-state index contributed by atoms with van der Waals surface area (Å²) in [7, 11) is 1.55. The zero-order valence-corrected chi connectivity index (χ0v) is 21.5. The van der Waals surface area contributed by atoms with E-state index in [4.69, 9.17) is 14.5 Å². The first-order valence-electron chi connectivity index (χ1n) is 11.7. The molecule has 188 valence electrons. The van der Waals surface area contributed by atoms with Gasteiger partial charge >= 0.3 is 0 Å². The maximum absolute atomic E-state index is 12.7. The monoisotopic (exact) mass is 500 g/mol. The number of hydrogen-bond donors (Lipinski definition) is 2. The average Bonchev–Trinajstić information content (AvgIpc) is 3.53. The van der Waals surface area contributed by atoms with Gasteiger partial charge in [-0.2, -0.15) is 0 Å². The second-order valence-corrected chi connectivity index (χ2v) is 9.84. The van der Waals surface area contributed by atoms with Gasteiger partial charge in [-0.15, -0.1) is 11.3 Å². The topological polar surface area (TPSA) is 112 Å². The number of carbonyl (C=O) groups is 1. The highest BCUT2D eigenvalue weighted by Crippen LogP contribution is 2.43. The number of nitrogens with one attached hydrogen (secondary N) is 1. The van der Waals surface area contributed by atoms with Crippen molar-refractivity contribution in [3.05, 3.63) is 34.3 Å². The summed E-state index contributed by atoms with van der Waals surface area (Å²) in [6.45, 7) is 10.3. The van der Waals surface area contributed by atoms with Gasteiger partial charge in [0.15, 0.2) is 11.5 Å². The van der Waals surface area contributed by atoms with Gasteiger partial charge in [0.2, 0.25) is 5.96 Å². The van der Waals surface area contributed by atoms with Gasteiger partial charge in [0, 0.05) is 30.7 Å². The molecule has 0 bridgehead atoms. The normalized spacial score (nSPS) is 15.6. The highest BCUT2D eigenvalue weighted by Gasteiger charge is 2.33. The molecule has 0 saturated carbocycles. The Hall–Kier alpha value is -3.02. The van der Waals surface area contributed by atoms with Gasteiger partial charge in [-0.3, -0.25) is 29.9 Å². The number of amidine groups is 1. The lowest BCUT2D eigenvalue weighted by molar-refractivity contribution is 0.0439. The third-order valence-corrected chi connectivity index (χ3v) is 6.69. The van der Waals surface area contributed by atoms with E-state index in [2.05, 4.69) is 47.9 Å². The Bertz CT molecular complexity index is 1110. The molecular weight excluding hydrogens is 468 g/mol. The van der Waals surface area contributed by atoms with E-state index in [1.165, 1.54) is 17.5 Å². The molecular formula is C24H32N6O4S. The van der Waals surface area contributed by atoms with Gasteiger partial charge in [-0.05, 0) is 39.8 Å². The molecule has 0 aliphatic carbocycles. The summed E-state index contributed by atoms with van der Waals surface area (Å²) in [4.78, 5) is 30.6. The van der Waals surface area contributed by atoms with Gasteiger partial charge in [0.05, 0.1) is 25.4 Å². The second-order valence-electron chi connectivity index (χ2n) is 8.95. The smallest absolute Gasteiger partial charge is 0.269 e. The number of rotatable bonds is 9. The molecule has 2 aromatic rings. The Labute approximate surface area is 209 Å². The minimum Gasteiger partial charge on any atom is -0.491 e. The first-order valence-corrected chi connectivity index (χ1v) is 12.6. The predicted molar refractivity (Wildman–Crippen MR) is 136 cm³/mol. The number of aliphatic hydroxyl groups is 1. The van der Waals surface area contributed by atoms with E-state index in [1.54, 1.807) is 12.6 Å². The number of guanidine groups is 1. The molecule has 0 saturated heterocycles. The summed E-state index contributed by atoms with van der Waals surface area (Å²) in [5, 5.41) is 13.5. The average molecular weight is 501 g/mol. The fourth-order valence-electron chi connectivity index (χ4n) is 4.29. The Balaban J connectivity index is 1.57. The SMILES string of the molecule is COc1c(OC[C@@H](O)CN(C(C)C)C(C)C)ccc2c1N=C(NC(=O)c1cncs1)N1CCN=C21. The minimum absolute atomic E-state index is 0.108. The molecule has 2 N–H and O–H groups in total. The van der Waals surface area contributed by atoms with Crippen molar-refractivity contribution in [3.8, 4) is 11.5 Å². The number of benzene rings is 1. The number of methoxy groups -OCH3 is 1. The van der Waals surface area contributed by atoms with Crippen LogP contribution in [0.2, 0.25) is 0 Å². The number of aliphatic imine (C=N–C) groups is 2. The quantitative estimate of drug-likeness (QED) is 0.544. The number of amides is 1. The molecule has 1 aromatic carbocycles. The van der Waals surface area contributed by atoms with Crippen molar-refractivity contribution in [2.24, 2.45) is 9.98 Å². The molecule has 2 aliphatic rings. The molecule has 35 heavy (non-hydrogen) atoms. The number of thiazole rings is 1. The van der Waals surface area contributed by atoms with Crippen LogP contribution >= 0.6 is 11.3 Å². The Morgan fingerprint density at radius 1 is 1.29 bits per heavy atom. The lowest BCUT2D eigenvalue weighted by atomic mass is 10.1. The number of aliphatic hydroxyl groups excluding tert-OH is 1. The highest BCUT2D eigenvalue weighted by molar-refractivity contribution is 7.11. The maximum atomic E-state index is 12.7. The standard InChI is InChI=1S/C24H32N6O4S/c1-14(2)30(15(3)4)11-16(31)12-34-18-7-6-17-20(21(18)33-5)27-24(29-9-8-26-22(17)29)28-23(32)19-10-25-13-35-19/h6-7,10,13-16,31H,8-9,11-12H2,1-5H3,(H,27,28,32)/t16-/m0/s1. The van der Waals surface area contributed by atoms with Crippen molar-refractivity contribution in [1.82, 2.24) is 20.1 Å². The molecule has 4 rings (SSSR count). The largest absolute Gasteiger partial charge is 0.491 e. The summed E-state index contributed by atoms with van der Waals surface area (Å²) < 4.78 is 11.7. The zero-order valence-electron chi connectivity index (χ0n) is 20.7. The highest BCUT2D eigenvalue weighted by atomic mass is 32.1. The Morgan fingerprint density at radius 2 is 2.06 bits per heavy atom. The third-order valence-electron chi connectivity index (χ3n) is 5.92. The number of carbonyl (C=O) groups excluding carboxylic acids is 1. The van der Waals surface area contributed by atoms with Crippen LogP contribution in [0.25, 0.3) is 0 Å². The summed E-state index contributed by atoms with van der Waals surface area (Å²) >= 11 is 1.26. The molecule has 3 heterocycles. The van der Waals surface area contributed by atoms with Crippen molar-refractivity contribution in [2.75, 3.05) is 33.4 Å². The number of nitrogens with zero attached hydrogens (tertiary/aromatic N) is 5. The van der Waals surface area contributed by atoms with Gasteiger partial charge in [-0.25, -0.2) is 4.99 Å². The van der Waals surface area contributed by atoms with E-state index < -0.39 is 6.10 Å². The van der Waals surface area contributed by atoms with Crippen LogP contribution in [-0.2, 0) is 0 Å². The van der Waals surface area contributed by atoms with Gasteiger partial charge in [-0.1, -0.05) is 0 Å². The van der Waals surface area contributed by atoms with E-state index in [-0.39, 0.29) is 12.5 Å². The molecule has 1 atom stereocenters. The fourth-order valence-corrected chi connectivity index (χ4v) is 4.81. The van der Waals surface area contributed by atoms with Crippen molar-refractivity contribution in [3.63, 3.8) is 0 Å². The molecule has 10 nitrogen and oxygen atoms in total. The van der Waals surface area contributed by atoms with Crippen molar-refractivity contribution in [1.29, 1.82) is 0 Å². The summed E-state index contributed by atoms with van der Waals surface area (Å²) in [5.74, 6) is 1.72. The van der Waals surface area contributed by atoms with Crippen LogP contribution in [0.1, 0.15) is 42.9 Å². The molecule has 1 amide bonds. The minimum atomic E-state index is -0.673. The van der Waals surface area contributed by atoms with Gasteiger partial charge in [0.1, 0.15) is 29.1 Å². The van der Waals surface area contributed by atoms with Gasteiger partial charge in [0.25, 0.3) is 5.91 Å². The molecule has 11 heteroatoms. The molecule has 2 aliphatic heterocycles. The van der Waals surface area contributed by atoms with Gasteiger partial charge < -0.3 is 14.6 Å². The molecule has 1 aromatic heterocycles. The van der Waals surface area contributed by atoms with Crippen LogP contribution in [0.5, 0.6) is 11.5 Å². The van der Waals surface area contributed by atoms with E-state index in [0.29, 0.717) is 59.7 Å². The lowest BCUT2D eigenvalue weighted by Crippen LogP contribution is -2.47. The van der Waals surface area contributed by atoms with Crippen molar-refractivity contribution >= 4 is 34.7 Å². The number of aromatic nitrogens is 1.